The smallest absolute Gasteiger partial charge is 0.224 e. The van der Waals surface area contributed by atoms with Crippen molar-refractivity contribution in [3.8, 4) is 0 Å². The maximum Gasteiger partial charge on any atom is 0.224 e. The van der Waals surface area contributed by atoms with E-state index < -0.39 is 0 Å². The first kappa shape index (κ1) is 13.3. The molecule has 21 heavy (non-hydrogen) atoms. The van der Waals surface area contributed by atoms with Crippen LogP contribution in [0.2, 0.25) is 0 Å². The Bertz CT molecular complexity index is 753. The summed E-state index contributed by atoms with van der Waals surface area (Å²) < 4.78 is 0. The molecule has 0 bridgehead atoms. The van der Waals surface area contributed by atoms with E-state index in [0.29, 0.717) is 13.0 Å². The molecule has 1 aromatic heterocycles. The third-order valence-electron chi connectivity index (χ3n) is 3.33. The molecule has 0 saturated carbocycles. The fraction of sp³-hybridized carbons (Fsp3) is 0.111. The average Bonchev–Trinajstić information content (AvgIpc) is 2.54. The second kappa shape index (κ2) is 6.18. The molecule has 1 amide bonds. The largest absolute Gasteiger partial charge is 0.350 e. The number of carbonyl (C=O) groups excluding carboxylic acids is 1. The van der Waals surface area contributed by atoms with Crippen molar-refractivity contribution in [1.82, 2.24) is 10.3 Å². The zero-order chi connectivity index (χ0) is 14.5. The summed E-state index contributed by atoms with van der Waals surface area (Å²) in [6.07, 6.45) is 0.397. The van der Waals surface area contributed by atoms with Crippen LogP contribution in [0.1, 0.15) is 11.3 Å². The summed E-state index contributed by atoms with van der Waals surface area (Å²) in [4.78, 5) is 16.4. The summed E-state index contributed by atoms with van der Waals surface area (Å²) in [5.74, 6) is 0.0103. The Morgan fingerprint density at radius 3 is 2.52 bits per heavy atom. The zero-order valence-electron chi connectivity index (χ0n) is 11.6. The van der Waals surface area contributed by atoms with E-state index in [-0.39, 0.29) is 5.91 Å². The third-order valence-corrected chi connectivity index (χ3v) is 3.33. The standard InChI is InChI=1S/C18H16N2O/c21-18(12-14-6-2-1-3-7-14)19-13-16-11-10-15-8-4-5-9-17(15)20-16/h1-11H,12-13H2,(H,19,21). The van der Waals surface area contributed by atoms with Crippen LogP contribution in [0.4, 0.5) is 0 Å². The monoisotopic (exact) mass is 276 g/mol. The zero-order valence-corrected chi connectivity index (χ0v) is 11.6. The van der Waals surface area contributed by atoms with Gasteiger partial charge in [0.15, 0.2) is 0 Å². The molecule has 3 nitrogen and oxygen atoms in total. The number of para-hydroxylation sites is 1. The molecule has 104 valence electrons. The van der Waals surface area contributed by atoms with Crippen molar-refractivity contribution in [2.75, 3.05) is 0 Å². The van der Waals surface area contributed by atoms with Crippen LogP contribution in [0.5, 0.6) is 0 Å². The Hall–Kier alpha value is -2.68. The second-order valence-corrected chi connectivity index (χ2v) is 4.93. The minimum atomic E-state index is 0.0103. The lowest BCUT2D eigenvalue weighted by Gasteiger charge is -2.06. The number of carbonyl (C=O) groups is 1. The average molecular weight is 276 g/mol. The topological polar surface area (TPSA) is 42.0 Å². The van der Waals surface area contributed by atoms with Crippen molar-refractivity contribution in [2.45, 2.75) is 13.0 Å². The van der Waals surface area contributed by atoms with Crippen LogP contribution in [-0.2, 0) is 17.8 Å². The first-order chi connectivity index (χ1) is 10.3. The van der Waals surface area contributed by atoms with Gasteiger partial charge in [0, 0.05) is 5.39 Å². The minimum Gasteiger partial charge on any atom is -0.350 e. The SMILES string of the molecule is O=C(Cc1ccccc1)NCc1ccc2ccccc2n1. The molecule has 0 spiro atoms. The molecule has 0 saturated heterocycles. The van der Waals surface area contributed by atoms with Crippen molar-refractivity contribution < 1.29 is 4.79 Å². The predicted octanol–water partition coefficient (Wildman–Crippen LogP) is 3.09. The number of nitrogens with one attached hydrogen (secondary N) is 1. The van der Waals surface area contributed by atoms with Gasteiger partial charge in [-0.25, -0.2) is 0 Å². The number of amides is 1. The highest BCUT2D eigenvalue weighted by molar-refractivity contribution is 5.79. The maximum atomic E-state index is 11.9. The Morgan fingerprint density at radius 1 is 0.905 bits per heavy atom. The second-order valence-electron chi connectivity index (χ2n) is 4.93. The lowest BCUT2D eigenvalue weighted by atomic mass is 10.1. The predicted molar refractivity (Wildman–Crippen MR) is 83.7 cm³/mol. The van der Waals surface area contributed by atoms with Crippen molar-refractivity contribution in [3.05, 3.63) is 78.0 Å². The van der Waals surface area contributed by atoms with Gasteiger partial charge < -0.3 is 5.32 Å². The van der Waals surface area contributed by atoms with Gasteiger partial charge >= 0.3 is 0 Å². The number of nitrogens with zero attached hydrogens (tertiary/aromatic N) is 1. The maximum absolute atomic E-state index is 11.9. The number of aromatic nitrogens is 1. The van der Waals surface area contributed by atoms with Gasteiger partial charge in [0.25, 0.3) is 0 Å². The molecule has 3 heteroatoms. The van der Waals surface area contributed by atoms with Gasteiger partial charge in [-0.15, -0.1) is 0 Å². The molecular formula is C18H16N2O. The van der Waals surface area contributed by atoms with Gasteiger partial charge in [-0.05, 0) is 17.7 Å². The molecule has 0 aliphatic carbocycles. The highest BCUT2D eigenvalue weighted by Crippen LogP contribution is 2.11. The molecular weight excluding hydrogens is 260 g/mol. The summed E-state index contributed by atoms with van der Waals surface area (Å²) in [6.45, 7) is 0.455. The molecule has 3 aromatic rings. The molecule has 0 unspecified atom stereocenters. The van der Waals surface area contributed by atoms with Crippen LogP contribution in [-0.4, -0.2) is 10.9 Å². The van der Waals surface area contributed by atoms with Gasteiger partial charge in [-0.1, -0.05) is 54.6 Å². The van der Waals surface area contributed by atoms with E-state index >= 15 is 0 Å². The fourth-order valence-electron chi connectivity index (χ4n) is 2.24. The number of benzene rings is 2. The van der Waals surface area contributed by atoms with Crippen LogP contribution < -0.4 is 5.32 Å². The van der Waals surface area contributed by atoms with Crippen molar-refractivity contribution >= 4 is 16.8 Å². The molecule has 0 aliphatic rings. The van der Waals surface area contributed by atoms with Crippen LogP contribution in [0, 0.1) is 0 Å². The molecule has 2 aromatic carbocycles. The van der Waals surface area contributed by atoms with Gasteiger partial charge in [-0.2, -0.15) is 0 Å². The first-order valence-electron chi connectivity index (χ1n) is 6.96. The first-order valence-corrected chi connectivity index (χ1v) is 6.96. The van der Waals surface area contributed by atoms with Crippen LogP contribution in [0.15, 0.2) is 66.7 Å². The molecule has 3 rings (SSSR count). The number of rotatable bonds is 4. The van der Waals surface area contributed by atoms with Crippen molar-refractivity contribution in [1.29, 1.82) is 0 Å². The van der Waals surface area contributed by atoms with E-state index in [2.05, 4.69) is 10.3 Å². The molecule has 1 N–H and O–H groups in total. The van der Waals surface area contributed by atoms with Gasteiger partial charge in [0.1, 0.15) is 0 Å². The quantitative estimate of drug-likeness (QED) is 0.795. The Balaban J connectivity index is 1.62. The van der Waals surface area contributed by atoms with Crippen LogP contribution in [0.3, 0.4) is 0 Å². The third kappa shape index (κ3) is 3.45. The highest BCUT2D eigenvalue weighted by atomic mass is 16.1. The molecule has 1 heterocycles. The lowest BCUT2D eigenvalue weighted by Crippen LogP contribution is -2.24. The summed E-state index contributed by atoms with van der Waals surface area (Å²) in [5, 5.41) is 4.02. The van der Waals surface area contributed by atoms with E-state index in [4.69, 9.17) is 0 Å². The summed E-state index contributed by atoms with van der Waals surface area (Å²) in [6, 6.07) is 21.7. The fourth-order valence-corrected chi connectivity index (χ4v) is 2.24. The van der Waals surface area contributed by atoms with E-state index in [0.717, 1.165) is 22.2 Å². The number of pyridine rings is 1. The van der Waals surface area contributed by atoms with Crippen molar-refractivity contribution in [2.24, 2.45) is 0 Å². The summed E-state index contributed by atoms with van der Waals surface area (Å²) in [7, 11) is 0. The number of hydrogen-bond acceptors (Lipinski definition) is 2. The molecule has 0 fully saturated rings. The lowest BCUT2D eigenvalue weighted by molar-refractivity contribution is -0.120. The highest BCUT2D eigenvalue weighted by Gasteiger charge is 2.04. The summed E-state index contributed by atoms with van der Waals surface area (Å²) >= 11 is 0. The van der Waals surface area contributed by atoms with Crippen LogP contribution >= 0.6 is 0 Å². The molecule has 0 atom stereocenters. The van der Waals surface area contributed by atoms with E-state index in [1.165, 1.54) is 0 Å². The van der Waals surface area contributed by atoms with Crippen LogP contribution in [0.25, 0.3) is 10.9 Å². The van der Waals surface area contributed by atoms with E-state index in [9.17, 15) is 4.79 Å². The molecule has 0 radical (unpaired) electrons. The Labute approximate surface area is 123 Å². The number of fused-ring (bicyclic) bond motifs is 1. The summed E-state index contributed by atoms with van der Waals surface area (Å²) in [5.41, 5.74) is 2.84. The Kier molecular flexibility index (Phi) is 3.92. The molecule has 0 aliphatic heterocycles. The van der Waals surface area contributed by atoms with Gasteiger partial charge in [-0.3, -0.25) is 9.78 Å². The number of hydrogen-bond donors (Lipinski definition) is 1. The minimum absolute atomic E-state index is 0.0103. The van der Waals surface area contributed by atoms with Crippen molar-refractivity contribution in [3.63, 3.8) is 0 Å². The Morgan fingerprint density at radius 2 is 1.67 bits per heavy atom. The van der Waals surface area contributed by atoms with E-state index in [1.54, 1.807) is 0 Å². The normalized spacial score (nSPS) is 10.5. The van der Waals surface area contributed by atoms with Gasteiger partial charge in [0.2, 0.25) is 5.91 Å². The van der Waals surface area contributed by atoms with Gasteiger partial charge in [0.05, 0.1) is 24.2 Å². The van der Waals surface area contributed by atoms with E-state index in [1.807, 2.05) is 66.7 Å².